The zero-order valence-corrected chi connectivity index (χ0v) is 10.7. The van der Waals surface area contributed by atoms with Gasteiger partial charge in [-0.25, -0.2) is 0 Å². The summed E-state index contributed by atoms with van der Waals surface area (Å²) in [4.78, 5) is 20.8. The number of carbonyl (C=O) groups excluding carboxylic acids is 2. The molecule has 20 heavy (non-hydrogen) atoms. The Kier molecular flexibility index (Phi) is 5.28. The van der Waals surface area contributed by atoms with Crippen molar-refractivity contribution in [1.82, 2.24) is 0 Å². The van der Waals surface area contributed by atoms with E-state index in [0.29, 0.717) is 37.3 Å². The van der Waals surface area contributed by atoms with Gasteiger partial charge < -0.3 is 18.3 Å². The van der Waals surface area contributed by atoms with Gasteiger partial charge in [0.05, 0.1) is 13.2 Å². The second-order valence-corrected chi connectivity index (χ2v) is 3.95. The van der Waals surface area contributed by atoms with E-state index < -0.39 is 0 Å². The molecule has 2 rings (SSSR count). The molecule has 0 N–H and O–H groups in total. The summed E-state index contributed by atoms with van der Waals surface area (Å²) >= 11 is 0. The maximum atomic E-state index is 10.4. The maximum Gasteiger partial charge on any atom is 0.185 e. The van der Waals surface area contributed by atoms with E-state index in [1.54, 1.807) is 24.3 Å². The molecule has 0 fully saturated rings. The monoisotopic (exact) mass is 278 g/mol. The molecule has 0 aliphatic heterocycles. The first-order valence-electron chi connectivity index (χ1n) is 6.05. The fraction of sp³-hybridized carbons (Fsp3) is 0.286. The summed E-state index contributed by atoms with van der Waals surface area (Å²) in [6.07, 6.45) is 1.28. The fourth-order valence-electron chi connectivity index (χ4n) is 1.53. The number of ether oxygens (including phenoxy) is 2. The molecule has 0 amide bonds. The molecule has 2 aromatic rings. The second-order valence-electron chi connectivity index (χ2n) is 3.95. The standard InChI is InChI=1S/C14H14O6/c15-7-11-1-3-13(19-11)9-17-5-6-18-10-14-4-2-12(8-16)20-14/h1-4,7-8H,5-6,9-10H2. The van der Waals surface area contributed by atoms with Crippen LogP contribution in [0.5, 0.6) is 0 Å². The minimum atomic E-state index is 0.281. The van der Waals surface area contributed by atoms with Gasteiger partial charge in [-0.3, -0.25) is 9.59 Å². The molecule has 0 aliphatic carbocycles. The van der Waals surface area contributed by atoms with Gasteiger partial charge in [-0.2, -0.15) is 0 Å². The van der Waals surface area contributed by atoms with Crippen LogP contribution in [0.15, 0.2) is 33.1 Å². The molecule has 0 radical (unpaired) electrons. The van der Waals surface area contributed by atoms with E-state index >= 15 is 0 Å². The highest BCUT2D eigenvalue weighted by atomic mass is 16.5. The molecule has 6 heteroatoms. The van der Waals surface area contributed by atoms with E-state index in [0.717, 1.165) is 0 Å². The Labute approximate surface area is 115 Å². The molecule has 106 valence electrons. The first kappa shape index (κ1) is 14.2. The summed E-state index contributed by atoms with van der Waals surface area (Å²) in [5.41, 5.74) is 0. The van der Waals surface area contributed by atoms with E-state index in [-0.39, 0.29) is 24.7 Å². The van der Waals surface area contributed by atoms with Gasteiger partial charge in [0.2, 0.25) is 0 Å². The van der Waals surface area contributed by atoms with Gasteiger partial charge in [0.15, 0.2) is 24.1 Å². The van der Waals surface area contributed by atoms with Gasteiger partial charge in [0.25, 0.3) is 0 Å². The molecule has 0 aromatic carbocycles. The van der Waals surface area contributed by atoms with Crippen LogP contribution in [0.1, 0.15) is 32.6 Å². The second kappa shape index (κ2) is 7.42. The van der Waals surface area contributed by atoms with Crippen molar-refractivity contribution in [3.63, 3.8) is 0 Å². The van der Waals surface area contributed by atoms with Crippen molar-refractivity contribution >= 4 is 12.6 Å². The zero-order chi connectivity index (χ0) is 14.2. The minimum absolute atomic E-state index is 0.281. The SMILES string of the molecule is O=Cc1ccc(COCCOCc2ccc(C=O)o2)o1. The third-order valence-electron chi connectivity index (χ3n) is 2.46. The van der Waals surface area contributed by atoms with E-state index in [1.807, 2.05) is 0 Å². The van der Waals surface area contributed by atoms with Crippen molar-refractivity contribution in [2.24, 2.45) is 0 Å². The van der Waals surface area contributed by atoms with Crippen molar-refractivity contribution < 1.29 is 27.9 Å². The van der Waals surface area contributed by atoms with E-state index in [1.165, 1.54) is 0 Å². The summed E-state index contributed by atoms with van der Waals surface area (Å²) in [6.45, 7) is 1.34. The quantitative estimate of drug-likeness (QED) is 0.517. The lowest BCUT2D eigenvalue weighted by Crippen LogP contribution is -2.03. The number of carbonyl (C=O) groups is 2. The largest absolute Gasteiger partial charge is 0.456 e. The van der Waals surface area contributed by atoms with Crippen LogP contribution in [0.3, 0.4) is 0 Å². The van der Waals surface area contributed by atoms with Crippen molar-refractivity contribution in [2.45, 2.75) is 13.2 Å². The molecule has 2 heterocycles. The maximum absolute atomic E-state index is 10.4. The van der Waals surface area contributed by atoms with Crippen LogP contribution in [0.25, 0.3) is 0 Å². The van der Waals surface area contributed by atoms with Gasteiger partial charge in [-0.05, 0) is 24.3 Å². The van der Waals surface area contributed by atoms with Crippen molar-refractivity contribution in [2.75, 3.05) is 13.2 Å². The molecule has 0 bridgehead atoms. The predicted molar refractivity (Wildman–Crippen MR) is 67.5 cm³/mol. The van der Waals surface area contributed by atoms with Gasteiger partial charge >= 0.3 is 0 Å². The van der Waals surface area contributed by atoms with Crippen molar-refractivity contribution in [3.05, 3.63) is 47.3 Å². The molecule has 0 unspecified atom stereocenters. The molecule has 2 aromatic heterocycles. The first-order valence-corrected chi connectivity index (χ1v) is 6.05. The Balaban J connectivity index is 1.57. The zero-order valence-electron chi connectivity index (χ0n) is 10.7. The predicted octanol–water partition coefficient (Wildman–Crippen LogP) is 2.23. The van der Waals surface area contributed by atoms with E-state index in [2.05, 4.69) is 0 Å². The third-order valence-corrected chi connectivity index (χ3v) is 2.46. The highest BCUT2D eigenvalue weighted by Crippen LogP contribution is 2.08. The average molecular weight is 278 g/mol. The molecule has 0 saturated heterocycles. The topological polar surface area (TPSA) is 78.9 Å². The smallest absolute Gasteiger partial charge is 0.185 e. The lowest BCUT2D eigenvalue weighted by atomic mass is 10.4. The lowest BCUT2D eigenvalue weighted by molar-refractivity contribution is 0.0233. The Morgan fingerprint density at radius 3 is 1.60 bits per heavy atom. The molecule has 0 atom stereocenters. The summed E-state index contributed by atoms with van der Waals surface area (Å²) in [5.74, 6) is 1.75. The van der Waals surface area contributed by atoms with Gasteiger partial charge in [-0.1, -0.05) is 0 Å². The Bertz CT molecular complexity index is 503. The van der Waals surface area contributed by atoms with Crippen LogP contribution in [0, 0.1) is 0 Å². The van der Waals surface area contributed by atoms with Crippen LogP contribution in [0.2, 0.25) is 0 Å². The lowest BCUT2D eigenvalue weighted by Gasteiger charge is -2.03. The van der Waals surface area contributed by atoms with Gasteiger partial charge in [0.1, 0.15) is 24.7 Å². The Morgan fingerprint density at radius 1 is 0.800 bits per heavy atom. The fourth-order valence-corrected chi connectivity index (χ4v) is 1.53. The number of hydrogen-bond donors (Lipinski definition) is 0. The van der Waals surface area contributed by atoms with Crippen LogP contribution >= 0.6 is 0 Å². The summed E-state index contributed by atoms with van der Waals surface area (Å²) < 4.78 is 20.9. The molecule has 0 saturated carbocycles. The summed E-state index contributed by atoms with van der Waals surface area (Å²) in [6, 6.07) is 6.55. The third kappa shape index (κ3) is 4.18. The van der Waals surface area contributed by atoms with Crippen molar-refractivity contribution in [3.8, 4) is 0 Å². The summed E-state index contributed by atoms with van der Waals surface area (Å²) in [7, 11) is 0. The highest BCUT2D eigenvalue weighted by molar-refractivity contribution is 5.70. The minimum Gasteiger partial charge on any atom is -0.456 e. The average Bonchev–Trinajstić information content (AvgIpc) is 3.11. The number of hydrogen-bond acceptors (Lipinski definition) is 6. The van der Waals surface area contributed by atoms with Crippen LogP contribution in [-0.4, -0.2) is 25.8 Å². The van der Waals surface area contributed by atoms with E-state index in [9.17, 15) is 9.59 Å². The molecular weight excluding hydrogens is 264 g/mol. The van der Waals surface area contributed by atoms with Crippen molar-refractivity contribution in [1.29, 1.82) is 0 Å². The molecule has 0 aliphatic rings. The normalized spacial score (nSPS) is 10.6. The number of aldehydes is 2. The Hall–Kier alpha value is -2.18. The summed E-state index contributed by atoms with van der Waals surface area (Å²) in [5, 5.41) is 0. The molecule has 6 nitrogen and oxygen atoms in total. The Morgan fingerprint density at radius 2 is 1.25 bits per heavy atom. The van der Waals surface area contributed by atoms with Crippen LogP contribution < -0.4 is 0 Å². The first-order chi connectivity index (χ1) is 9.81. The van der Waals surface area contributed by atoms with Gasteiger partial charge in [-0.15, -0.1) is 0 Å². The van der Waals surface area contributed by atoms with E-state index in [4.69, 9.17) is 18.3 Å². The number of rotatable bonds is 9. The highest BCUT2D eigenvalue weighted by Gasteiger charge is 2.02. The molecular formula is C14H14O6. The van der Waals surface area contributed by atoms with Gasteiger partial charge in [0, 0.05) is 0 Å². The molecule has 0 spiro atoms. The number of furan rings is 2. The van der Waals surface area contributed by atoms with Crippen LogP contribution in [-0.2, 0) is 22.7 Å². The van der Waals surface area contributed by atoms with Crippen LogP contribution in [0.4, 0.5) is 0 Å².